The van der Waals surface area contributed by atoms with Gasteiger partial charge in [0.1, 0.15) is 0 Å². The van der Waals surface area contributed by atoms with Crippen LogP contribution in [0, 0.1) is 0 Å². The molecule has 1 heterocycles. The smallest absolute Gasteiger partial charge is 0.251 e. The maximum Gasteiger partial charge on any atom is 0.251 e. The molecule has 0 unspecified atom stereocenters. The molecule has 6 nitrogen and oxygen atoms in total. The van der Waals surface area contributed by atoms with Crippen molar-refractivity contribution >= 4 is 22.8 Å². The van der Waals surface area contributed by atoms with E-state index in [-0.39, 0.29) is 24.4 Å². The number of rotatable bonds is 4. The summed E-state index contributed by atoms with van der Waals surface area (Å²) in [7, 11) is 0. The SMILES string of the molecule is CC(C)NC(=O)CNC(=O)c1ccc2nc[nH]c2c1. The third kappa shape index (κ3) is 3.31. The molecule has 0 aliphatic rings. The molecule has 0 saturated carbocycles. The Morgan fingerprint density at radius 3 is 2.89 bits per heavy atom. The number of fused-ring (bicyclic) bond motifs is 1. The number of hydrogen-bond donors (Lipinski definition) is 3. The van der Waals surface area contributed by atoms with Crippen LogP contribution < -0.4 is 10.6 Å². The molecular formula is C13H16N4O2. The van der Waals surface area contributed by atoms with Gasteiger partial charge in [-0.15, -0.1) is 0 Å². The molecule has 0 aliphatic heterocycles. The van der Waals surface area contributed by atoms with E-state index >= 15 is 0 Å². The fourth-order valence-electron chi connectivity index (χ4n) is 1.71. The Morgan fingerprint density at radius 2 is 2.16 bits per heavy atom. The van der Waals surface area contributed by atoms with E-state index < -0.39 is 0 Å². The highest BCUT2D eigenvalue weighted by Crippen LogP contribution is 2.11. The van der Waals surface area contributed by atoms with Gasteiger partial charge in [-0.05, 0) is 32.0 Å². The van der Waals surface area contributed by atoms with Crippen LogP contribution in [0.3, 0.4) is 0 Å². The average Bonchev–Trinajstić information content (AvgIpc) is 2.82. The highest BCUT2D eigenvalue weighted by atomic mass is 16.2. The molecule has 100 valence electrons. The van der Waals surface area contributed by atoms with Gasteiger partial charge in [-0.25, -0.2) is 4.98 Å². The highest BCUT2D eigenvalue weighted by molar-refractivity contribution is 5.98. The predicted molar refractivity (Wildman–Crippen MR) is 71.7 cm³/mol. The lowest BCUT2D eigenvalue weighted by Crippen LogP contribution is -2.39. The predicted octanol–water partition coefficient (Wildman–Crippen LogP) is 0.817. The van der Waals surface area contributed by atoms with E-state index in [0.29, 0.717) is 5.56 Å². The fraction of sp³-hybridized carbons (Fsp3) is 0.308. The molecule has 2 aromatic rings. The number of H-pyrrole nitrogens is 1. The Hall–Kier alpha value is -2.37. The zero-order valence-corrected chi connectivity index (χ0v) is 10.9. The molecule has 0 bridgehead atoms. The third-order valence-corrected chi connectivity index (χ3v) is 2.54. The molecule has 2 amide bonds. The van der Waals surface area contributed by atoms with Crippen molar-refractivity contribution in [2.45, 2.75) is 19.9 Å². The summed E-state index contributed by atoms with van der Waals surface area (Å²) >= 11 is 0. The van der Waals surface area contributed by atoms with Crippen LogP contribution >= 0.6 is 0 Å². The van der Waals surface area contributed by atoms with Crippen LogP contribution in [-0.4, -0.2) is 34.4 Å². The number of nitrogens with one attached hydrogen (secondary N) is 3. The number of hydrogen-bond acceptors (Lipinski definition) is 3. The molecule has 0 fully saturated rings. The van der Waals surface area contributed by atoms with Gasteiger partial charge in [0.2, 0.25) is 5.91 Å². The molecule has 3 N–H and O–H groups in total. The zero-order valence-electron chi connectivity index (χ0n) is 10.9. The van der Waals surface area contributed by atoms with E-state index in [9.17, 15) is 9.59 Å². The number of nitrogens with zero attached hydrogens (tertiary/aromatic N) is 1. The van der Waals surface area contributed by atoms with Crippen molar-refractivity contribution in [3.63, 3.8) is 0 Å². The lowest BCUT2D eigenvalue weighted by molar-refractivity contribution is -0.120. The third-order valence-electron chi connectivity index (χ3n) is 2.54. The summed E-state index contributed by atoms with van der Waals surface area (Å²) in [6.45, 7) is 3.70. The van der Waals surface area contributed by atoms with E-state index in [2.05, 4.69) is 20.6 Å². The van der Waals surface area contributed by atoms with Gasteiger partial charge in [0, 0.05) is 11.6 Å². The Labute approximate surface area is 110 Å². The van der Waals surface area contributed by atoms with Crippen molar-refractivity contribution < 1.29 is 9.59 Å². The Morgan fingerprint density at radius 1 is 1.37 bits per heavy atom. The highest BCUT2D eigenvalue weighted by Gasteiger charge is 2.09. The van der Waals surface area contributed by atoms with E-state index in [1.54, 1.807) is 24.5 Å². The Kier molecular flexibility index (Phi) is 3.79. The Balaban J connectivity index is 1.97. The standard InChI is InChI=1S/C13H16N4O2/c1-8(2)17-12(18)6-14-13(19)9-3-4-10-11(5-9)16-7-15-10/h3-5,7-8H,6H2,1-2H3,(H,14,19)(H,15,16)(H,17,18). The summed E-state index contributed by atoms with van der Waals surface area (Å²) in [4.78, 5) is 30.3. The first-order valence-electron chi connectivity index (χ1n) is 6.07. The number of aromatic nitrogens is 2. The first-order chi connectivity index (χ1) is 9.06. The Bertz CT molecular complexity index is 603. The summed E-state index contributed by atoms with van der Waals surface area (Å²) in [6, 6.07) is 5.21. The van der Waals surface area contributed by atoms with Gasteiger partial charge in [0.25, 0.3) is 5.91 Å². The quantitative estimate of drug-likeness (QED) is 0.760. The number of carbonyl (C=O) groups excluding carboxylic acids is 2. The second-order valence-corrected chi connectivity index (χ2v) is 4.54. The number of carbonyl (C=O) groups is 2. The molecular weight excluding hydrogens is 244 g/mol. The van der Waals surface area contributed by atoms with Crippen LogP contribution in [0.25, 0.3) is 11.0 Å². The summed E-state index contributed by atoms with van der Waals surface area (Å²) < 4.78 is 0. The molecule has 1 aromatic carbocycles. The first kappa shape index (κ1) is 13.1. The second kappa shape index (κ2) is 5.51. The van der Waals surface area contributed by atoms with Crippen molar-refractivity contribution in [2.24, 2.45) is 0 Å². The van der Waals surface area contributed by atoms with Crippen LogP contribution in [0.2, 0.25) is 0 Å². The van der Waals surface area contributed by atoms with Gasteiger partial charge >= 0.3 is 0 Å². The van der Waals surface area contributed by atoms with Crippen LogP contribution in [0.1, 0.15) is 24.2 Å². The molecule has 0 spiro atoms. The normalized spacial score (nSPS) is 10.7. The molecule has 0 atom stereocenters. The summed E-state index contributed by atoms with van der Waals surface area (Å²) in [6.07, 6.45) is 1.57. The lowest BCUT2D eigenvalue weighted by atomic mass is 10.2. The van der Waals surface area contributed by atoms with Gasteiger partial charge in [0.05, 0.1) is 23.9 Å². The van der Waals surface area contributed by atoms with Crippen molar-refractivity contribution in [1.29, 1.82) is 0 Å². The van der Waals surface area contributed by atoms with Crippen LogP contribution in [0.15, 0.2) is 24.5 Å². The molecule has 0 saturated heterocycles. The number of benzene rings is 1. The number of aromatic amines is 1. The van der Waals surface area contributed by atoms with Crippen molar-refractivity contribution in [1.82, 2.24) is 20.6 Å². The second-order valence-electron chi connectivity index (χ2n) is 4.54. The van der Waals surface area contributed by atoms with Crippen molar-refractivity contribution in [3.8, 4) is 0 Å². The molecule has 2 rings (SSSR count). The molecule has 0 radical (unpaired) electrons. The largest absolute Gasteiger partial charge is 0.352 e. The van der Waals surface area contributed by atoms with Crippen LogP contribution in [-0.2, 0) is 4.79 Å². The topological polar surface area (TPSA) is 86.9 Å². The van der Waals surface area contributed by atoms with Gasteiger partial charge in [-0.1, -0.05) is 0 Å². The summed E-state index contributed by atoms with van der Waals surface area (Å²) in [5.41, 5.74) is 2.09. The summed E-state index contributed by atoms with van der Waals surface area (Å²) in [5.74, 6) is -0.485. The minimum absolute atomic E-state index is 0.0297. The van der Waals surface area contributed by atoms with Gasteiger partial charge in [0.15, 0.2) is 0 Å². The zero-order chi connectivity index (χ0) is 13.8. The van der Waals surface area contributed by atoms with Gasteiger partial charge in [-0.2, -0.15) is 0 Å². The maximum absolute atomic E-state index is 11.9. The minimum Gasteiger partial charge on any atom is -0.352 e. The van der Waals surface area contributed by atoms with Gasteiger partial charge in [-0.3, -0.25) is 9.59 Å². The van der Waals surface area contributed by atoms with E-state index in [0.717, 1.165) is 11.0 Å². The van der Waals surface area contributed by atoms with Gasteiger partial charge < -0.3 is 15.6 Å². The monoisotopic (exact) mass is 260 g/mol. The van der Waals surface area contributed by atoms with Crippen LogP contribution in [0.5, 0.6) is 0 Å². The average molecular weight is 260 g/mol. The van der Waals surface area contributed by atoms with E-state index in [1.165, 1.54) is 0 Å². The number of amides is 2. The van der Waals surface area contributed by atoms with E-state index in [1.807, 2.05) is 13.8 Å². The fourth-order valence-corrected chi connectivity index (χ4v) is 1.71. The maximum atomic E-state index is 11.9. The van der Waals surface area contributed by atoms with E-state index in [4.69, 9.17) is 0 Å². The molecule has 19 heavy (non-hydrogen) atoms. The minimum atomic E-state index is -0.282. The van der Waals surface area contributed by atoms with Crippen molar-refractivity contribution in [2.75, 3.05) is 6.54 Å². The molecule has 0 aliphatic carbocycles. The number of imidazole rings is 1. The lowest BCUT2D eigenvalue weighted by Gasteiger charge is -2.09. The molecule has 6 heteroatoms. The van der Waals surface area contributed by atoms with Crippen molar-refractivity contribution in [3.05, 3.63) is 30.1 Å². The first-order valence-corrected chi connectivity index (χ1v) is 6.07. The van der Waals surface area contributed by atoms with Crippen LogP contribution in [0.4, 0.5) is 0 Å². The summed E-state index contributed by atoms with van der Waals surface area (Å²) in [5, 5.41) is 5.28. The molecule has 1 aromatic heterocycles.